The highest BCUT2D eigenvalue weighted by Gasteiger charge is 2.32. The van der Waals surface area contributed by atoms with Crippen molar-refractivity contribution in [3.8, 4) is 0 Å². The van der Waals surface area contributed by atoms with Crippen LogP contribution in [0, 0.1) is 11.3 Å². The zero-order valence-electron chi connectivity index (χ0n) is 11.6. The van der Waals surface area contributed by atoms with Crippen molar-refractivity contribution in [1.29, 1.82) is 0 Å². The maximum atomic E-state index is 11.8. The van der Waals surface area contributed by atoms with Gasteiger partial charge in [-0.25, -0.2) is 0 Å². The van der Waals surface area contributed by atoms with Crippen molar-refractivity contribution >= 4 is 5.91 Å². The maximum Gasteiger partial charge on any atom is 0.220 e. The molecule has 4 heteroatoms. The third-order valence-corrected chi connectivity index (χ3v) is 4.24. The summed E-state index contributed by atoms with van der Waals surface area (Å²) in [4.78, 5) is 11.8. The fourth-order valence-electron chi connectivity index (χ4n) is 2.88. The Hall–Kier alpha value is -0.610. The Morgan fingerprint density at radius 3 is 2.89 bits per heavy atom. The molecule has 1 aliphatic heterocycles. The number of nitrogens with one attached hydrogen (secondary N) is 2. The predicted octanol–water partition coefficient (Wildman–Crippen LogP) is 1.31. The Balaban J connectivity index is 1.59. The zero-order chi connectivity index (χ0) is 13.0. The lowest BCUT2D eigenvalue weighted by Crippen LogP contribution is -2.40. The molecule has 0 aromatic heterocycles. The molecule has 4 nitrogen and oxygen atoms in total. The highest BCUT2D eigenvalue weighted by Crippen LogP contribution is 2.32. The number of hydrogen-bond acceptors (Lipinski definition) is 3. The molecule has 1 saturated heterocycles. The SMILES string of the molecule is CCOC1CC(CC(=O)NCC2(C)CCNC2)C1. The summed E-state index contributed by atoms with van der Waals surface area (Å²) in [6, 6.07) is 0. The average molecular weight is 254 g/mol. The molecule has 2 N–H and O–H groups in total. The van der Waals surface area contributed by atoms with Crippen LogP contribution in [-0.2, 0) is 9.53 Å². The molecule has 1 aliphatic carbocycles. The molecule has 2 aliphatic rings. The molecule has 1 atom stereocenters. The monoisotopic (exact) mass is 254 g/mol. The Morgan fingerprint density at radius 1 is 1.50 bits per heavy atom. The Kier molecular flexibility index (Phi) is 4.62. The normalized spacial score (nSPS) is 35.2. The number of ether oxygens (including phenoxy) is 1. The molecular formula is C14H26N2O2. The molecule has 0 bridgehead atoms. The molecule has 2 rings (SSSR count). The lowest BCUT2D eigenvalue weighted by atomic mass is 9.79. The number of carbonyl (C=O) groups is 1. The Labute approximate surface area is 110 Å². The van der Waals surface area contributed by atoms with Crippen LogP contribution < -0.4 is 10.6 Å². The van der Waals surface area contributed by atoms with Crippen LogP contribution in [0.15, 0.2) is 0 Å². The second-order valence-corrected chi connectivity index (χ2v) is 6.13. The summed E-state index contributed by atoms with van der Waals surface area (Å²) >= 11 is 0. The first-order valence-electron chi connectivity index (χ1n) is 7.20. The fraction of sp³-hybridized carbons (Fsp3) is 0.929. The molecule has 0 spiro atoms. The van der Waals surface area contributed by atoms with E-state index >= 15 is 0 Å². The lowest BCUT2D eigenvalue weighted by Gasteiger charge is -2.34. The quantitative estimate of drug-likeness (QED) is 0.751. The van der Waals surface area contributed by atoms with Crippen LogP contribution in [0.2, 0.25) is 0 Å². The van der Waals surface area contributed by atoms with Gasteiger partial charge in [0.15, 0.2) is 0 Å². The van der Waals surface area contributed by atoms with Crippen LogP contribution >= 0.6 is 0 Å². The molecule has 0 radical (unpaired) electrons. The molecular weight excluding hydrogens is 228 g/mol. The summed E-state index contributed by atoms with van der Waals surface area (Å²) in [5, 5.41) is 6.44. The van der Waals surface area contributed by atoms with Crippen LogP contribution in [0.4, 0.5) is 0 Å². The van der Waals surface area contributed by atoms with Crippen LogP contribution in [-0.4, -0.2) is 38.3 Å². The van der Waals surface area contributed by atoms with Gasteiger partial charge >= 0.3 is 0 Å². The molecule has 0 aromatic carbocycles. The van der Waals surface area contributed by atoms with Crippen LogP contribution in [0.3, 0.4) is 0 Å². The third kappa shape index (κ3) is 3.69. The molecule has 18 heavy (non-hydrogen) atoms. The van der Waals surface area contributed by atoms with E-state index in [4.69, 9.17) is 4.74 Å². The Morgan fingerprint density at radius 2 is 2.28 bits per heavy atom. The first-order chi connectivity index (χ1) is 8.61. The number of amides is 1. The number of carbonyl (C=O) groups excluding carboxylic acids is 1. The zero-order valence-corrected chi connectivity index (χ0v) is 11.6. The smallest absolute Gasteiger partial charge is 0.220 e. The van der Waals surface area contributed by atoms with E-state index < -0.39 is 0 Å². The van der Waals surface area contributed by atoms with E-state index in [0.717, 1.165) is 45.5 Å². The number of hydrogen-bond donors (Lipinski definition) is 2. The van der Waals surface area contributed by atoms with E-state index in [1.807, 2.05) is 6.92 Å². The van der Waals surface area contributed by atoms with E-state index in [0.29, 0.717) is 18.4 Å². The second kappa shape index (κ2) is 6.02. The molecule has 1 saturated carbocycles. The van der Waals surface area contributed by atoms with E-state index in [1.165, 1.54) is 0 Å². The molecule has 1 unspecified atom stereocenters. The van der Waals surface area contributed by atoms with Gasteiger partial charge in [0.05, 0.1) is 6.10 Å². The van der Waals surface area contributed by atoms with Crippen molar-refractivity contribution in [1.82, 2.24) is 10.6 Å². The van der Waals surface area contributed by atoms with Crippen LogP contribution in [0.5, 0.6) is 0 Å². The van der Waals surface area contributed by atoms with Gasteiger partial charge in [-0.2, -0.15) is 0 Å². The minimum Gasteiger partial charge on any atom is -0.378 e. The minimum atomic E-state index is 0.211. The van der Waals surface area contributed by atoms with Crippen molar-refractivity contribution < 1.29 is 9.53 Å². The number of rotatable bonds is 6. The van der Waals surface area contributed by atoms with Crippen molar-refractivity contribution in [2.45, 2.75) is 45.6 Å². The standard InChI is InChI=1S/C14H26N2O2/c1-3-18-12-6-11(7-12)8-13(17)16-10-14(2)4-5-15-9-14/h11-12,15H,3-10H2,1-2H3,(H,16,17). The van der Waals surface area contributed by atoms with Crippen molar-refractivity contribution in [3.63, 3.8) is 0 Å². The van der Waals surface area contributed by atoms with Gasteiger partial charge in [-0.05, 0) is 44.1 Å². The predicted molar refractivity (Wildman–Crippen MR) is 71.4 cm³/mol. The van der Waals surface area contributed by atoms with Crippen molar-refractivity contribution in [2.75, 3.05) is 26.2 Å². The van der Waals surface area contributed by atoms with E-state index in [9.17, 15) is 4.79 Å². The molecule has 1 heterocycles. The summed E-state index contributed by atoms with van der Waals surface area (Å²) in [6.07, 6.45) is 4.35. The fourth-order valence-corrected chi connectivity index (χ4v) is 2.88. The molecule has 104 valence electrons. The third-order valence-electron chi connectivity index (χ3n) is 4.24. The maximum absolute atomic E-state index is 11.8. The van der Waals surface area contributed by atoms with Crippen molar-refractivity contribution in [3.05, 3.63) is 0 Å². The molecule has 0 aromatic rings. The first kappa shape index (κ1) is 13.8. The molecule has 2 fully saturated rings. The second-order valence-electron chi connectivity index (χ2n) is 6.13. The van der Waals surface area contributed by atoms with Gasteiger partial charge in [0.25, 0.3) is 0 Å². The van der Waals surface area contributed by atoms with Gasteiger partial charge in [0.1, 0.15) is 0 Å². The van der Waals surface area contributed by atoms with E-state index in [2.05, 4.69) is 17.6 Å². The minimum absolute atomic E-state index is 0.211. The van der Waals surface area contributed by atoms with Gasteiger partial charge < -0.3 is 15.4 Å². The van der Waals surface area contributed by atoms with Gasteiger partial charge in [-0.1, -0.05) is 6.92 Å². The summed E-state index contributed by atoms with van der Waals surface area (Å²) in [7, 11) is 0. The van der Waals surface area contributed by atoms with E-state index in [-0.39, 0.29) is 11.3 Å². The first-order valence-corrected chi connectivity index (χ1v) is 7.20. The summed E-state index contributed by atoms with van der Waals surface area (Å²) in [5.74, 6) is 0.749. The summed E-state index contributed by atoms with van der Waals surface area (Å²) < 4.78 is 5.51. The highest BCUT2D eigenvalue weighted by atomic mass is 16.5. The average Bonchev–Trinajstić information content (AvgIpc) is 2.72. The van der Waals surface area contributed by atoms with Crippen molar-refractivity contribution in [2.24, 2.45) is 11.3 Å². The Bertz CT molecular complexity index is 282. The van der Waals surface area contributed by atoms with Gasteiger partial charge in [-0.3, -0.25) is 4.79 Å². The van der Waals surface area contributed by atoms with Crippen LogP contribution in [0.25, 0.3) is 0 Å². The molecule has 1 amide bonds. The van der Waals surface area contributed by atoms with E-state index in [1.54, 1.807) is 0 Å². The van der Waals surface area contributed by atoms with Crippen LogP contribution in [0.1, 0.15) is 39.5 Å². The summed E-state index contributed by atoms with van der Waals surface area (Å²) in [6.45, 7) is 7.95. The van der Waals surface area contributed by atoms with Gasteiger partial charge in [0, 0.05) is 26.1 Å². The summed E-state index contributed by atoms with van der Waals surface area (Å²) in [5.41, 5.74) is 0.253. The van der Waals surface area contributed by atoms with Gasteiger partial charge in [-0.15, -0.1) is 0 Å². The topological polar surface area (TPSA) is 50.4 Å². The lowest BCUT2D eigenvalue weighted by molar-refractivity contribution is -0.124. The van der Waals surface area contributed by atoms with Gasteiger partial charge in [0.2, 0.25) is 5.91 Å². The largest absolute Gasteiger partial charge is 0.378 e. The highest BCUT2D eigenvalue weighted by molar-refractivity contribution is 5.76.